The maximum atomic E-state index is 13.5. The highest BCUT2D eigenvalue weighted by Crippen LogP contribution is 2.27. The topological polar surface area (TPSA) is 24.9 Å². The highest BCUT2D eigenvalue weighted by molar-refractivity contribution is 7.98. The molecule has 2 aromatic rings. The average Bonchev–Trinajstić information content (AvgIpc) is 2.86. The van der Waals surface area contributed by atoms with Gasteiger partial charge < -0.3 is 5.32 Å². The summed E-state index contributed by atoms with van der Waals surface area (Å²) in [6.07, 6.45) is 3.04. The number of rotatable bonds is 7. The predicted octanol–water partition coefficient (Wildman–Crippen LogP) is 4.07. The molecule has 0 bridgehead atoms. The van der Waals surface area contributed by atoms with E-state index in [0.717, 1.165) is 30.3 Å². The molecule has 0 fully saturated rings. The Morgan fingerprint density at radius 1 is 1.37 bits per heavy atom. The third-order valence-corrected chi connectivity index (χ3v) is 4.76. The minimum Gasteiger partial charge on any atom is -0.312 e. The van der Waals surface area contributed by atoms with Crippen LogP contribution in [0.5, 0.6) is 0 Å². The molecule has 0 atom stereocenters. The van der Waals surface area contributed by atoms with E-state index in [4.69, 9.17) is 0 Å². The Balaban J connectivity index is 1.85. The van der Waals surface area contributed by atoms with Crippen LogP contribution in [-0.4, -0.2) is 11.5 Å². The van der Waals surface area contributed by atoms with Crippen LogP contribution >= 0.6 is 23.1 Å². The molecule has 0 amide bonds. The van der Waals surface area contributed by atoms with Crippen molar-refractivity contribution < 1.29 is 4.39 Å². The normalized spacial score (nSPS) is 10.8. The highest BCUT2D eigenvalue weighted by atomic mass is 32.2. The smallest absolute Gasteiger partial charge is 0.136 e. The van der Waals surface area contributed by atoms with Gasteiger partial charge in [-0.25, -0.2) is 9.37 Å². The average molecular weight is 296 g/mol. The summed E-state index contributed by atoms with van der Waals surface area (Å²) in [4.78, 5) is 6.29. The van der Waals surface area contributed by atoms with Crippen molar-refractivity contribution in [3.05, 3.63) is 46.2 Å². The molecule has 0 spiro atoms. The van der Waals surface area contributed by atoms with Crippen LogP contribution < -0.4 is 5.32 Å². The molecule has 0 unspecified atom stereocenters. The molecule has 1 aromatic heterocycles. The molecule has 1 heterocycles. The number of nitrogens with zero attached hydrogens (tertiary/aromatic N) is 1. The van der Waals surface area contributed by atoms with Gasteiger partial charge in [0.05, 0.1) is 5.75 Å². The van der Waals surface area contributed by atoms with Crippen molar-refractivity contribution in [1.29, 1.82) is 0 Å². The number of hydrogen-bond donors (Lipinski definition) is 1. The van der Waals surface area contributed by atoms with Gasteiger partial charge in [0.2, 0.25) is 0 Å². The summed E-state index contributed by atoms with van der Waals surface area (Å²) in [6.45, 7) is 4.04. The van der Waals surface area contributed by atoms with Crippen molar-refractivity contribution in [3.63, 3.8) is 0 Å². The molecular weight excluding hydrogens is 279 g/mol. The third-order valence-electron chi connectivity index (χ3n) is 2.52. The monoisotopic (exact) mass is 296 g/mol. The highest BCUT2D eigenvalue weighted by Gasteiger charge is 2.05. The number of thioether (sulfide) groups is 1. The molecule has 5 heteroatoms. The van der Waals surface area contributed by atoms with E-state index in [9.17, 15) is 4.39 Å². The Hall–Kier alpha value is -0.910. The van der Waals surface area contributed by atoms with E-state index in [2.05, 4.69) is 17.2 Å². The van der Waals surface area contributed by atoms with Crippen LogP contribution in [0.3, 0.4) is 0 Å². The zero-order valence-corrected chi connectivity index (χ0v) is 12.5. The zero-order valence-electron chi connectivity index (χ0n) is 10.9. The van der Waals surface area contributed by atoms with Gasteiger partial charge in [-0.3, -0.25) is 0 Å². The molecule has 0 aliphatic heterocycles. The van der Waals surface area contributed by atoms with Crippen LogP contribution in [0.4, 0.5) is 4.39 Å². The van der Waals surface area contributed by atoms with Crippen LogP contribution in [0.15, 0.2) is 35.4 Å². The van der Waals surface area contributed by atoms with E-state index in [1.807, 2.05) is 12.3 Å². The van der Waals surface area contributed by atoms with Crippen molar-refractivity contribution in [2.75, 3.05) is 6.54 Å². The summed E-state index contributed by atoms with van der Waals surface area (Å²) in [5, 5.41) is 4.39. The summed E-state index contributed by atoms with van der Waals surface area (Å²) in [5.41, 5.74) is 0. The molecule has 102 valence electrons. The number of halogens is 1. The van der Waals surface area contributed by atoms with Gasteiger partial charge in [0.1, 0.15) is 10.8 Å². The van der Waals surface area contributed by atoms with Crippen molar-refractivity contribution >= 4 is 23.1 Å². The second kappa shape index (κ2) is 7.62. The minimum absolute atomic E-state index is 0.158. The molecule has 0 saturated heterocycles. The SMILES string of the molecule is CCCNCc1cnc(CSc2ccccc2F)s1. The van der Waals surface area contributed by atoms with Gasteiger partial charge in [0.15, 0.2) is 0 Å². The first-order chi connectivity index (χ1) is 9.29. The van der Waals surface area contributed by atoms with Gasteiger partial charge in [-0.05, 0) is 25.1 Å². The number of hydrogen-bond acceptors (Lipinski definition) is 4. The van der Waals surface area contributed by atoms with E-state index < -0.39 is 0 Å². The number of nitrogens with one attached hydrogen (secondary N) is 1. The molecule has 2 rings (SSSR count). The van der Waals surface area contributed by atoms with Gasteiger partial charge in [-0.15, -0.1) is 23.1 Å². The lowest BCUT2D eigenvalue weighted by Gasteiger charge is -2.00. The number of benzene rings is 1. The molecule has 0 aliphatic carbocycles. The van der Waals surface area contributed by atoms with Gasteiger partial charge >= 0.3 is 0 Å². The standard InChI is InChI=1S/C14H17FN2S2/c1-2-7-16-8-11-9-17-14(19-11)10-18-13-6-4-3-5-12(13)15/h3-6,9,16H,2,7-8,10H2,1H3. The number of thiazole rings is 1. The quantitative estimate of drug-likeness (QED) is 0.616. The van der Waals surface area contributed by atoms with Crippen molar-refractivity contribution in [2.24, 2.45) is 0 Å². The Morgan fingerprint density at radius 3 is 3.00 bits per heavy atom. The van der Waals surface area contributed by atoms with Crippen LogP contribution in [0.25, 0.3) is 0 Å². The molecule has 0 radical (unpaired) electrons. The summed E-state index contributed by atoms with van der Waals surface area (Å²) in [6, 6.07) is 6.86. The maximum absolute atomic E-state index is 13.5. The Labute approximate surface area is 121 Å². The fourth-order valence-corrected chi connectivity index (χ4v) is 3.42. The van der Waals surface area contributed by atoms with Gasteiger partial charge in [-0.2, -0.15) is 0 Å². The van der Waals surface area contributed by atoms with E-state index in [-0.39, 0.29) is 5.82 Å². The molecule has 19 heavy (non-hydrogen) atoms. The minimum atomic E-state index is -0.158. The predicted molar refractivity (Wildman–Crippen MR) is 80.1 cm³/mol. The van der Waals surface area contributed by atoms with Gasteiger partial charge in [0, 0.05) is 22.5 Å². The lowest BCUT2D eigenvalue weighted by molar-refractivity contribution is 0.602. The molecule has 1 N–H and O–H groups in total. The Bertz CT molecular complexity index is 514. The zero-order chi connectivity index (χ0) is 13.5. The second-order valence-corrected chi connectivity index (χ2v) is 6.33. The lowest BCUT2D eigenvalue weighted by Crippen LogP contribution is -2.12. The van der Waals surface area contributed by atoms with E-state index in [0.29, 0.717) is 4.90 Å². The van der Waals surface area contributed by atoms with Crippen molar-refractivity contribution in [1.82, 2.24) is 10.3 Å². The summed E-state index contributed by atoms with van der Waals surface area (Å²) < 4.78 is 13.5. The fraction of sp³-hybridized carbons (Fsp3) is 0.357. The first-order valence-corrected chi connectivity index (χ1v) is 8.11. The van der Waals surface area contributed by atoms with Gasteiger partial charge in [-0.1, -0.05) is 19.1 Å². The summed E-state index contributed by atoms with van der Waals surface area (Å²) >= 11 is 3.19. The molecule has 0 saturated carbocycles. The van der Waals surface area contributed by atoms with E-state index in [1.165, 1.54) is 22.7 Å². The van der Waals surface area contributed by atoms with Crippen molar-refractivity contribution in [3.8, 4) is 0 Å². The maximum Gasteiger partial charge on any atom is 0.136 e. The van der Waals surface area contributed by atoms with E-state index >= 15 is 0 Å². The van der Waals surface area contributed by atoms with Crippen LogP contribution in [0.2, 0.25) is 0 Å². The van der Waals surface area contributed by atoms with Crippen LogP contribution in [0.1, 0.15) is 23.2 Å². The van der Waals surface area contributed by atoms with Gasteiger partial charge in [0.25, 0.3) is 0 Å². The molecular formula is C14H17FN2S2. The van der Waals surface area contributed by atoms with Crippen molar-refractivity contribution in [2.45, 2.75) is 30.5 Å². The van der Waals surface area contributed by atoms with Crippen LogP contribution in [-0.2, 0) is 12.3 Å². The number of aromatic nitrogens is 1. The fourth-order valence-electron chi connectivity index (χ4n) is 1.59. The molecule has 1 aromatic carbocycles. The first-order valence-electron chi connectivity index (χ1n) is 6.31. The molecule has 0 aliphatic rings. The second-order valence-electron chi connectivity index (χ2n) is 4.12. The Kier molecular flexibility index (Phi) is 5.82. The summed E-state index contributed by atoms with van der Waals surface area (Å²) in [5.74, 6) is 0.563. The lowest BCUT2D eigenvalue weighted by atomic mass is 10.3. The largest absolute Gasteiger partial charge is 0.312 e. The van der Waals surface area contributed by atoms with E-state index in [1.54, 1.807) is 23.5 Å². The molecule has 2 nitrogen and oxygen atoms in total. The first kappa shape index (κ1) is 14.5. The summed E-state index contributed by atoms with van der Waals surface area (Å²) in [7, 11) is 0. The van der Waals surface area contributed by atoms with Crippen LogP contribution in [0, 0.1) is 5.82 Å². The Morgan fingerprint density at radius 2 is 2.21 bits per heavy atom. The third kappa shape index (κ3) is 4.60.